The fourth-order valence-electron chi connectivity index (χ4n) is 2.40. The SMILES string of the molecule is CCNC(=NCc1ccc(OC)c(O)c1)NCc1ccccc1OC(F)(F)F. The lowest BCUT2D eigenvalue weighted by molar-refractivity contribution is -0.274. The topological polar surface area (TPSA) is 75.1 Å². The standard InChI is InChI=1S/C19H22F3N3O3/c1-3-23-18(24-11-13-8-9-17(27-2)15(26)10-13)25-12-14-6-4-5-7-16(14)28-19(20,21)22/h4-10,26H,3,11-12H2,1-2H3,(H2,23,24,25). The van der Waals surface area contributed by atoms with E-state index in [9.17, 15) is 18.3 Å². The summed E-state index contributed by atoms with van der Waals surface area (Å²) in [7, 11) is 1.46. The number of nitrogens with one attached hydrogen (secondary N) is 2. The first kappa shape index (κ1) is 21.2. The van der Waals surface area contributed by atoms with E-state index >= 15 is 0 Å². The van der Waals surface area contributed by atoms with Gasteiger partial charge in [0.25, 0.3) is 0 Å². The van der Waals surface area contributed by atoms with Crippen LogP contribution in [0.15, 0.2) is 47.5 Å². The zero-order valence-corrected chi connectivity index (χ0v) is 15.5. The molecule has 0 amide bonds. The lowest BCUT2D eigenvalue weighted by Crippen LogP contribution is -2.37. The number of guanidine groups is 1. The van der Waals surface area contributed by atoms with Crippen molar-refractivity contribution in [2.45, 2.75) is 26.4 Å². The van der Waals surface area contributed by atoms with E-state index in [1.165, 1.54) is 19.2 Å². The fraction of sp³-hybridized carbons (Fsp3) is 0.316. The van der Waals surface area contributed by atoms with Crippen molar-refractivity contribution in [2.24, 2.45) is 4.99 Å². The van der Waals surface area contributed by atoms with Gasteiger partial charge in [-0.05, 0) is 30.7 Å². The van der Waals surface area contributed by atoms with Gasteiger partial charge < -0.3 is 25.2 Å². The summed E-state index contributed by atoms with van der Waals surface area (Å²) < 4.78 is 46.6. The molecule has 2 rings (SSSR count). The molecule has 0 spiro atoms. The van der Waals surface area contributed by atoms with Gasteiger partial charge in [0, 0.05) is 18.7 Å². The molecule has 9 heteroatoms. The number of phenols is 1. The van der Waals surface area contributed by atoms with Crippen LogP contribution in [0.2, 0.25) is 0 Å². The highest BCUT2D eigenvalue weighted by atomic mass is 19.4. The summed E-state index contributed by atoms with van der Waals surface area (Å²) in [5.41, 5.74) is 1.09. The maximum Gasteiger partial charge on any atom is 0.573 e. The summed E-state index contributed by atoms with van der Waals surface area (Å²) in [4.78, 5) is 4.38. The first-order valence-corrected chi connectivity index (χ1v) is 8.54. The number of rotatable bonds is 7. The molecule has 0 saturated heterocycles. The number of methoxy groups -OCH3 is 1. The largest absolute Gasteiger partial charge is 0.573 e. The summed E-state index contributed by atoms with van der Waals surface area (Å²) in [6.45, 7) is 2.79. The third-order valence-corrected chi connectivity index (χ3v) is 3.65. The molecule has 0 unspecified atom stereocenters. The van der Waals surface area contributed by atoms with Crippen LogP contribution in [-0.4, -0.2) is 31.1 Å². The van der Waals surface area contributed by atoms with Gasteiger partial charge in [-0.1, -0.05) is 24.3 Å². The zero-order chi connectivity index (χ0) is 20.6. The number of benzene rings is 2. The third kappa shape index (κ3) is 6.57. The molecule has 2 aromatic rings. The second kappa shape index (κ2) is 9.72. The second-order valence-corrected chi connectivity index (χ2v) is 5.71. The summed E-state index contributed by atoms with van der Waals surface area (Å²) in [5, 5.41) is 15.8. The van der Waals surface area contributed by atoms with E-state index in [0.29, 0.717) is 23.8 Å². The Labute approximate surface area is 161 Å². The molecule has 0 heterocycles. The van der Waals surface area contributed by atoms with Gasteiger partial charge in [-0.3, -0.25) is 0 Å². The van der Waals surface area contributed by atoms with Crippen LogP contribution >= 0.6 is 0 Å². The van der Waals surface area contributed by atoms with Gasteiger partial charge in [-0.15, -0.1) is 13.2 Å². The van der Waals surface area contributed by atoms with Crippen molar-refractivity contribution in [1.82, 2.24) is 10.6 Å². The van der Waals surface area contributed by atoms with E-state index in [2.05, 4.69) is 20.4 Å². The van der Waals surface area contributed by atoms with E-state index in [-0.39, 0.29) is 24.6 Å². The molecule has 0 radical (unpaired) electrons. The number of phenolic OH excluding ortho intramolecular Hbond substituents is 1. The molecule has 0 saturated carbocycles. The first-order chi connectivity index (χ1) is 13.3. The van der Waals surface area contributed by atoms with Crippen LogP contribution in [0.1, 0.15) is 18.1 Å². The smallest absolute Gasteiger partial charge is 0.504 e. The van der Waals surface area contributed by atoms with Gasteiger partial charge in [0.15, 0.2) is 17.5 Å². The molecule has 6 nitrogen and oxygen atoms in total. The van der Waals surface area contributed by atoms with Crippen molar-refractivity contribution in [3.63, 3.8) is 0 Å². The molecular weight excluding hydrogens is 375 g/mol. The number of halogens is 3. The van der Waals surface area contributed by atoms with E-state index < -0.39 is 6.36 Å². The van der Waals surface area contributed by atoms with Crippen molar-refractivity contribution < 1.29 is 27.8 Å². The van der Waals surface area contributed by atoms with Gasteiger partial charge in [0.05, 0.1) is 13.7 Å². The highest BCUT2D eigenvalue weighted by Gasteiger charge is 2.31. The van der Waals surface area contributed by atoms with E-state index in [1.54, 1.807) is 30.3 Å². The van der Waals surface area contributed by atoms with Crippen molar-refractivity contribution >= 4 is 5.96 Å². The van der Waals surface area contributed by atoms with Crippen LogP contribution in [0.3, 0.4) is 0 Å². The van der Waals surface area contributed by atoms with Crippen LogP contribution in [0.5, 0.6) is 17.2 Å². The number of hydrogen-bond donors (Lipinski definition) is 3. The number of alkyl halides is 3. The summed E-state index contributed by atoms with van der Waals surface area (Å²) in [6, 6.07) is 10.8. The Kier molecular flexibility index (Phi) is 7.36. The van der Waals surface area contributed by atoms with Crippen LogP contribution in [-0.2, 0) is 13.1 Å². The van der Waals surface area contributed by atoms with Crippen LogP contribution in [0, 0.1) is 0 Å². The Morgan fingerprint density at radius 2 is 1.86 bits per heavy atom. The Bertz CT molecular complexity index is 810. The van der Waals surface area contributed by atoms with Crippen molar-refractivity contribution in [3.8, 4) is 17.2 Å². The van der Waals surface area contributed by atoms with Gasteiger partial charge in [-0.25, -0.2) is 4.99 Å². The number of nitrogens with zero attached hydrogens (tertiary/aromatic N) is 1. The predicted molar refractivity (Wildman–Crippen MR) is 99.4 cm³/mol. The molecule has 28 heavy (non-hydrogen) atoms. The first-order valence-electron chi connectivity index (χ1n) is 8.54. The molecule has 3 N–H and O–H groups in total. The molecule has 0 aliphatic heterocycles. The van der Waals surface area contributed by atoms with E-state index in [0.717, 1.165) is 5.56 Å². The molecule has 0 bridgehead atoms. The maximum absolute atomic E-state index is 12.5. The van der Waals surface area contributed by atoms with Gasteiger partial charge in [-0.2, -0.15) is 0 Å². The van der Waals surface area contributed by atoms with E-state index in [1.807, 2.05) is 6.92 Å². The highest BCUT2D eigenvalue weighted by molar-refractivity contribution is 5.79. The van der Waals surface area contributed by atoms with E-state index in [4.69, 9.17) is 4.74 Å². The van der Waals surface area contributed by atoms with Crippen LogP contribution in [0.4, 0.5) is 13.2 Å². The van der Waals surface area contributed by atoms with Crippen LogP contribution in [0.25, 0.3) is 0 Å². The summed E-state index contributed by atoms with van der Waals surface area (Å²) >= 11 is 0. The van der Waals surface area contributed by atoms with Gasteiger partial charge >= 0.3 is 6.36 Å². The Balaban J connectivity index is 2.07. The molecular formula is C19H22F3N3O3. The Hall–Kier alpha value is -3.10. The molecule has 0 aliphatic rings. The predicted octanol–water partition coefficient (Wildman–Crippen LogP) is 3.55. The average Bonchev–Trinajstić information content (AvgIpc) is 2.64. The molecule has 152 valence electrons. The highest BCUT2D eigenvalue weighted by Crippen LogP contribution is 2.27. The molecule has 2 aromatic carbocycles. The zero-order valence-electron chi connectivity index (χ0n) is 15.5. The summed E-state index contributed by atoms with van der Waals surface area (Å²) in [6.07, 6.45) is -4.76. The van der Waals surface area contributed by atoms with Crippen molar-refractivity contribution in [3.05, 3.63) is 53.6 Å². The molecule has 0 aliphatic carbocycles. The Morgan fingerprint density at radius 3 is 2.50 bits per heavy atom. The molecule has 0 fully saturated rings. The quantitative estimate of drug-likeness (QED) is 0.492. The number of aliphatic imine (C=N–C) groups is 1. The number of hydrogen-bond acceptors (Lipinski definition) is 4. The van der Waals surface area contributed by atoms with Gasteiger partial charge in [0.1, 0.15) is 5.75 Å². The minimum Gasteiger partial charge on any atom is -0.504 e. The second-order valence-electron chi connectivity index (χ2n) is 5.71. The van der Waals surface area contributed by atoms with Gasteiger partial charge in [0.2, 0.25) is 0 Å². The number of ether oxygens (including phenoxy) is 2. The third-order valence-electron chi connectivity index (χ3n) is 3.65. The minimum absolute atomic E-state index is 0.00591. The number of aromatic hydroxyl groups is 1. The average molecular weight is 397 g/mol. The van der Waals surface area contributed by atoms with Crippen LogP contribution < -0.4 is 20.1 Å². The monoisotopic (exact) mass is 397 g/mol. The molecule has 0 aromatic heterocycles. The number of para-hydroxylation sites is 1. The summed E-state index contributed by atoms with van der Waals surface area (Å²) in [5.74, 6) is 0.517. The van der Waals surface area contributed by atoms with Crippen molar-refractivity contribution in [2.75, 3.05) is 13.7 Å². The lowest BCUT2D eigenvalue weighted by atomic mass is 10.2. The lowest BCUT2D eigenvalue weighted by Gasteiger charge is -2.15. The maximum atomic E-state index is 12.5. The normalized spacial score (nSPS) is 11.8. The molecule has 0 atom stereocenters. The fourth-order valence-corrected chi connectivity index (χ4v) is 2.40. The van der Waals surface area contributed by atoms with Crippen molar-refractivity contribution in [1.29, 1.82) is 0 Å². The minimum atomic E-state index is -4.76. The Morgan fingerprint density at radius 1 is 1.11 bits per heavy atom.